The molecule has 0 radical (unpaired) electrons. The van der Waals surface area contributed by atoms with Crippen molar-refractivity contribution >= 4 is 11.7 Å². The van der Waals surface area contributed by atoms with Gasteiger partial charge in [0.15, 0.2) is 0 Å². The van der Waals surface area contributed by atoms with Crippen molar-refractivity contribution in [3.8, 4) is 11.8 Å². The molecule has 0 amide bonds. The van der Waals surface area contributed by atoms with E-state index in [1.807, 2.05) is 0 Å². The van der Waals surface area contributed by atoms with Crippen molar-refractivity contribution in [2.24, 2.45) is 0 Å². The molecule has 1 aromatic carbocycles. The summed E-state index contributed by atoms with van der Waals surface area (Å²) in [6.45, 7) is -3.45. The molecule has 0 spiro atoms. The molecule has 1 N–H and O–H groups in total. The molecule has 0 saturated carbocycles. The number of hydrogen-bond acceptors (Lipinski definition) is 5. The van der Waals surface area contributed by atoms with Crippen LogP contribution in [-0.2, 0) is 0 Å². The second kappa shape index (κ2) is 5.05. The van der Waals surface area contributed by atoms with Crippen molar-refractivity contribution in [1.29, 1.82) is 5.26 Å². The number of carbonyl (C=O) groups is 1. The first-order valence-corrected chi connectivity index (χ1v) is 4.28. The Bertz CT molecular complexity index is 553. The number of ether oxygens (including phenoxy) is 1. The molecule has 0 heterocycles. The van der Waals surface area contributed by atoms with E-state index in [1.54, 1.807) is 0 Å². The van der Waals surface area contributed by atoms with E-state index < -0.39 is 40.1 Å². The third-order valence-corrected chi connectivity index (χ3v) is 1.87. The fourth-order valence-electron chi connectivity index (χ4n) is 1.22. The number of carboxylic acids is 1. The fourth-order valence-corrected chi connectivity index (χ4v) is 1.22. The zero-order chi connectivity index (χ0) is 13.9. The van der Waals surface area contributed by atoms with Crippen molar-refractivity contribution in [2.45, 2.75) is 6.61 Å². The van der Waals surface area contributed by atoms with Crippen molar-refractivity contribution in [3.63, 3.8) is 0 Å². The van der Waals surface area contributed by atoms with Crippen LogP contribution in [0.15, 0.2) is 12.1 Å². The maximum absolute atomic E-state index is 12.1. The molecule has 0 bridgehead atoms. The highest BCUT2D eigenvalue weighted by atomic mass is 19.3. The molecular weight excluding hydrogens is 254 g/mol. The van der Waals surface area contributed by atoms with Gasteiger partial charge in [-0.3, -0.25) is 10.1 Å². The van der Waals surface area contributed by atoms with Crippen LogP contribution in [0, 0.1) is 21.4 Å². The molecule has 0 atom stereocenters. The Hall–Kier alpha value is -2.76. The predicted molar refractivity (Wildman–Crippen MR) is 51.4 cm³/mol. The van der Waals surface area contributed by atoms with Gasteiger partial charge in [-0.15, -0.1) is 0 Å². The summed E-state index contributed by atoms with van der Waals surface area (Å²) in [5, 5.41) is 28.0. The first-order chi connectivity index (χ1) is 8.38. The third-order valence-electron chi connectivity index (χ3n) is 1.87. The average Bonchev–Trinajstić information content (AvgIpc) is 2.26. The van der Waals surface area contributed by atoms with Crippen LogP contribution in [0.3, 0.4) is 0 Å². The quantitative estimate of drug-likeness (QED) is 0.650. The molecule has 94 valence electrons. The lowest BCUT2D eigenvalue weighted by Gasteiger charge is -2.08. The van der Waals surface area contributed by atoms with Gasteiger partial charge in [0.05, 0.1) is 4.92 Å². The number of hydrogen-bond donors (Lipinski definition) is 1. The zero-order valence-electron chi connectivity index (χ0n) is 8.46. The van der Waals surface area contributed by atoms with Crippen molar-refractivity contribution in [1.82, 2.24) is 0 Å². The fraction of sp³-hybridized carbons (Fsp3) is 0.111. The number of nitro groups is 1. The molecule has 0 aromatic heterocycles. The van der Waals surface area contributed by atoms with Crippen molar-refractivity contribution < 1.29 is 28.3 Å². The smallest absolute Gasteiger partial charge is 0.387 e. The average molecular weight is 258 g/mol. The highest BCUT2D eigenvalue weighted by molar-refractivity contribution is 5.93. The molecule has 0 saturated heterocycles. The van der Waals surface area contributed by atoms with Gasteiger partial charge >= 0.3 is 18.3 Å². The summed E-state index contributed by atoms with van der Waals surface area (Å²) < 4.78 is 28.1. The minimum Gasteiger partial charge on any atom is -0.478 e. The van der Waals surface area contributed by atoms with Crippen molar-refractivity contribution in [3.05, 3.63) is 33.4 Å². The molecule has 7 nitrogen and oxygen atoms in total. The topological polar surface area (TPSA) is 113 Å². The number of carboxylic acid groups (broad SMARTS) is 1. The van der Waals surface area contributed by atoms with Crippen LogP contribution in [0.5, 0.6) is 5.75 Å². The SMILES string of the molecule is N#Cc1ccc(C(=O)O)c(OC(F)F)c1[N+](=O)[O-]. The number of nitrogens with zero attached hydrogens (tertiary/aromatic N) is 2. The summed E-state index contributed by atoms with van der Waals surface area (Å²) in [6, 6.07) is 3.03. The molecule has 0 fully saturated rings. The van der Waals surface area contributed by atoms with E-state index in [1.165, 1.54) is 6.07 Å². The molecule has 0 aliphatic heterocycles. The monoisotopic (exact) mass is 258 g/mol. The van der Waals surface area contributed by atoms with E-state index in [0.717, 1.165) is 12.1 Å². The van der Waals surface area contributed by atoms with E-state index in [9.17, 15) is 23.7 Å². The maximum Gasteiger partial charge on any atom is 0.387 e. The summed E-state index contributed by atoms with van der Waals surface area (Å²) in [7, 11) is 0. The van der Waals surface area contributed by atoms with E-state index in [-0.39, 0.29) is 0 Å². The zero-order valence-corrected chi connectivity index (χ0v) is 8.46. The highest BCUT2D eigenvalue weighted by Gasteiger charge is 2.29. The Kier molecular flexibility index (Phi) is 3.73. The Morgan fingerprint density at radius 1 is 1.56 bits per heavy atom. The van der Waals surface area contributed by atoms with Crippen LogP contribution in [0.2, 0.25) is 0 Å². The number of alkyl halides is 2. The minimum atomic E-state index is -3.45. The number of rotatable bonds is 4. The maximum atomic E-state index is 12.1. The van der Waals surface area contributed by atoms with Gasteiger partial charge in [0, 0.05) is 0 Å². The Labute approximate surface area is 98.0 Å². The second-order valence-electron chi connectivity index (χ2n) is 2.89. The lowest BCUT2D eigenvalue weighted by Crippen LogP contribution is -2.11. The second-order valence-corrected chi connectivity index (χ2v) is 2.89. The van der Waals surface area contributed by atoms with E-state index in [0.29, 0.717) is 0 Å². The van der Waals surface area contributed by atoms with Crippen LogP contribution in [0.1, 0.15) is 15.9 Å². The van der Waals surface area contributed by atoms with Gasteiger partial charge in [-0.1, -0.05) is 0 Å². The lowest BCUT2D eigenvalue weighted by molar-refractivity contribution is -0.386. The molecular formula is C9H4F2N2O5. The summed E-state index contributed by atoms with van der Waals surface area (Å²) in [4.78, 5) is 20.3. The number of nitro benzene ring substituents is 1. The first-order valence-electron chi connectivity index (χ1n) is 4.28. The Morgan fingerprint density at radius 3 is 2.56 bits per heavy atom. The van der Waals surface area contributed by atoms with Gasteiger partial charge < -0.3 is 9.84 Å². The van der Waals surface area contributed by atoms with E-state index in [4.69, 9.17) is 10.4 Å². The molecule has 1 aromatic rings. The molecule has 9 heteroatoms. The normalized spacial score (nSPS) is 9.89. The van der Waals surface area contributed by atoms with Crippen LogP contribution in [0.4, 0.5) is 14.5 Å². The molecule has 0 unspecified atom stereocenters. The number of aromatic carboxylic acids is 1. The van der Waals surface area contributed by atoms with Crippen LogP contribution < -0.4 is 4.74 Å². The largest absolute Gasteiger partial charge is 0.478 e. The van der Waals surface area contributed by atoms with Crippen LogP contribution >= 0.6 is 0 Å². The molecule has 18 heavy (non-hydrogen) atoms. The van der Waals surface area contributed by atoms with Crippen molar-refractivity contribution in [2.75, 3.05) is 0 Å². The first kappa shape index (κ1) is 13.3. The summed E-state index contributed by atoms with van der Waals surface area (Å²) in [6.07, 6.45) is 0. The van der Waals surface area contributed by atoms with Gasteiger partial charge in [-0.25, -0.2) is 4.79 Å². The number of nitriles is 1. The predicted octanol–water partition coefficient (Wildman–Crippen LogP) is 1.77. The summed E-state index contributed by atoms with van der Waals surface area (Å²) >= 11 is 0. The Morgan fingerprint density at radius 2 is 2.17 bits per heavy atom. The third kappa shape index (κ3) is 2.49. The standard InChI is InChI=1S/C9H4F2N2O5/c10-9(11)18-7-5(8(14)15)2-1-4(3-12)6(7)13(16)17/h1-2,9H,(H,14,15). The number of benzene rings is 1. The van der Waals surface area contributed by atoms with E-state index in [2.05, 4.69) is 4.74 Å². The van der Waals surface area contributed by atoms with Crippen LogP contribution in [-0.4, -0.2) is 22.6 Å². The van der Waals surface area contributed by atoms with Gasteiger partial charge in [-0.2, -0.15) is 14.0 Å². The van der Waals surface area contributed by atoms with Gasteiger partial charge in [0.1, 0.15) is 17.2 Å². The minimum absolute atomic E-state index is 0.569. The van der Waals surface area contributed by atoms with Crippen LogP contribution in [0.25, 0.3) is 0 Å². The summed E-state index contributed by atoms with van der Waals surface area (Å²) in [5.41, 5.74) is -2.49. The molecule has 0 aliphatic rings. The molecule has 1 rings (SSSR count). The Balaban J connectivity index is 3.60. The van der Waals surface area contributed by atoms with Gasteiger partial charge in [-0.05, 0) is 12.1 Å². The summed E-state index contributed by atoms with van der Waals surface area (Å²) in [5.74, 6) is -2.82. The lowest BCUT2D eigenvalue weighted by atomic mass is 10.1. The van der Waals surface area contributed by atoms with Gasteiger partial charge in [0.25, 0.3) is 0 Å². The molecule has 0 aliphatic carbocycles. The van der Waals surface area contributed by atoms with E-state index >= 15 is 0 Å². The highest BCUT2D eigenvalue weighted by Crippen LogP contribution is 2.35. The van der Waals surface area contributed by atoms with Gasteiger partial charge in [0.2, 0.25) is 5.75 Å². The number of halogens is 2.